The summed E-state index contributed by atoms with van der Waals surface area (Å²) in [5.74, 6) is 0.654. The van der Waals surface area contributed by atoms with Crippen LogP contribution >= 0.6 is 11.6 Å². The number of fused-ring (bicyclic) bond motifs is 1. The quantitative estimate of drug-likeness (QED) is 0.518. The summed E-state index contributed by atoms with van der Waals surface area (Å²) < 4.78 is 10.6. The molecule has 0 bridgehead atoms. The Morgan fingerprint density at radius 1 is 0.955 bits per heavy atom. The van der Waals surface area contributed by atoms with Crippen LogP contribution in [0.2, 0.25) is 5.02 Å². The van der Waals surface area contributed by atoms with Gasteiger partial charge in [0.25, 0.3) is 0 Å². The summed E-state index contributed by atoms with van der Waals surface area (Å²) in [6.45, 7) is 0. The molecule has 0 atom stereocenters. The zero-order chi connectivity index (χ0) is 15.5. The van der Waals surface area contributed by atoms with Gasteiger partial charge < -0.3 is 9.47 Å². The molecule has 0 fully saturated rings. The molecule has 0 aliphatic rings. The zero-order valence-electron chi connectivity index (χ0n) is 11.9. The smallest absolute Gasteiger partial charge is 0.343 e. The SMILES string of the molecule is COc1ccc2cc(OC(=O)c3ccccc3)c(Cl)cc2c1. The first-order chi connectivity index (χ1) is 10.7. The highest BCUT2D eigenvalue weighted by Gasteiger charge is 2.12. The molecule has 0 radical (unpaired) electrons. The van der Waals surface area contributed by atoms with E-state index in [1.54, 1.807) is 43.5 Å². The maximum atomic E-state index is 12.1. The molecule has 0 aromatic heterocycles. The number of esters is 1. The van der Waals surface area contributed by atoms with Crippen LogP contribution in [0.15, 0.2) is 60.7 Å². The summed E-state index contributed by atoms with van der Waals surface area (Å²) in [4.78, 5) is 12.1. The molecule has 0 aliphatic carbocycles. The highest BCUT2D eigenvalue weighted by molar-refractivity contribution is 6.33. The lowest BCUT2D eigenvalue weighted by Gasteiger charge is -2.09. The minimum atomic E-state index is -0.435. The van der Waals surface area contributed by atoms with Gasteiger partial charge in [-0.1, -0.05) is 35.9 Å². The van der Waals surface area contributed by atoms with E-state index in [1.807, 2.05) is 24.3 Å². The molecule has 3 rings (SSSR count). The van der Waals surface area contributed by atoms with Gasteiger partial charge in [-0.2, -0.15) is 0 Å². The summed E-state index contributed by atoms with van der Waals surface area (Å²) in [5, 5.41) is 2.22. The molecule has 3 aromatic rings. The van der Waals surface area contributed by atoms with E-state index in [0.29, 0.717) is 16.3 Å². The predicted octanol–water partition coefficient (Wildman–Crippen LogP) is 4.72. The molecule has 0 aliphatic heterocycles. The van der Waals surface area contributed by atoms with Crippen molar-refractivity contribution in [1.29, 1.82) is 0 Å². The third-order valence-corrected chi connectivity index (χ3v) is 3.61. The topological polar surface area (TPSA) is 35.5 Å². The van der Waals surface area contributed by atoms with Crippen LogP contribution in [0, 0.1) is 0 Å². The fourth-order valence-corrected chi connectivity index (χ4v) is 2.38. The second kappa shape index (κ2) is 6.08. The summed E-state index contributed by atoms with van der Waals surface area (Å²) in [5.41, 5.74) is 0.480. The summed E-state index contributed by atoms with van der Waals surface area (Å²) in [7, 11) is 1.61. The Kier molecular flexibility index (Phi) is 3.98. The van der Waals surface area contributed by atoms with Gasteiger partial charge in [0.2, 0.25) is 0 Å². The van der Waals surface area contributed by atoms with Crippen molar-refractivity contribution in [3.8, 4) is 11.5 Å². The van der Waals surface area contributed by atoms with Crippen molar-refractivity contribution in [2.24, 2.45) is 0 Å². The van der Waals surface area contributed by atoms with E-state index in [0.717, 1.165) is 16.5 Å². The summed E-state index contributed by atoms with van der Waals surface area (Å²) in [6, 6.07) is 17.9. The van der Waals surface area contributed by atoms with Crippen molar-refractivity contribution in [2.45, 2.75) is 0 Å². The maximum absolute atomic E-state index is 12.1. The Balaban J connectivity index is 1.94. The van der Waals surface area contributed by atoms with Crippen molar-refractivity contribution < 1.29 is 14.3 Å². The van der Waals surface area contributed by atoms with Gasteiger partial charge in [-0.15, -0.1) is 0 Å². The second-order valence-electron chi connectivity index (χ2n) is 4.75. The van der Waals surface area contributed by atoms with Crippen molar-refractivity contribution in [1.82, 2.24) is 0 Å². The molecule has 0 saturated heterocycles. The molecular weight excluding hydrogens is 300 g/mol. The number of halogens is 1. The van der Waals surface area contributed by atoms with Gasteiger partial charge in [-0.3, -0.25) is 0 Å². The van der Waals surface area contributed by atoms with Crippen molar-refractivity contribution in [3.05, 3.63) is 71.2 Å². The average Bonchev–Trinajstić information content (AvgIpc) is 2.56. The number of carbonyl (C=O) groups excluding carboxylic acids is 1. The minimum Gasteiger partial charge on any atom is -0.497 e. The molecule has 0 N–H and O–H groups in total. The van der Waals surface area contributed by atoms with Gasteiger partial charge >= 0.3 is 5.97 Å². The second-order valence-corrected chi connectivity index (χ2v) is 5.16. The molecule has 22 heavy (non-hydrogen) atoms. The van der Waals surface area contributed by atoms with E-state index in [-0.39, 0.29) is 0 Å². The minimum absolute atomic E-state index is 0.341. The highest BCUT2D eigenvalue weighted by Crippen LogP contribution is 2.32. The van der Waals surface area contributed by atoms with Gasteiger partial charge in [0, 0.05) is 0 Å². The van der Waals surface area contributed by atoms with E-state index >= 15 is 0 Å². The standard InChI is InChI=1S/C18H13ClO3/c1-21-15-8-7-13-11-17(16(19)10-14(13)9-15)22-18(20)12-5-3-2-4-6-12/h2-11H,1H3. The normalized spacial score (nSPS) is 10.5. The number of carbonyl (C=O) groups is 1. The van der Waals surface area contributed by atoms with Gasteiger partial charge in [0.05, 0.1) is 17.7 Å². The molecule has 110 valence electrons. The monoisotopic (exact) mass is 312 g/mol. The van der Waals surface area contributed by atoms with Gasteiger partial charge in [-0.05, 0) is 47.2 Å². The Morgan fingerprint density at radius 3 is 2.45 bits per heavy atom. The van der Waals surface area contributed by atoms with E-state index < -0.39 is 5.97 Å². The van der Waals surface area contributed by atoms with Crippen LogP contribution in [0.3, 0.4) is 0 Å². The first-order valence-corrected chi connectivity index (χ1v) is 7.10. The lowest BCUT2D eigenvalue weighted by molar-refractivity contribution is 0.0735. The lowest BCUT2D eigenvalue weighted by Crippen LogP contribution is -2.08. The van der Waals surface area contributed by atoms with Crippen molar-refractivity contribution in [3.63, 3.8) is 0 Å². The molecule has 3 aromatic carbocycles. The maximum Gasteiger partial charge on any atom is 0.343 e. The Hall–Kier alpha value is -2.52. The van der Waals surface area contributed by atoms with Crippen LogP contribution in [0.4, 0.5) is 0 Å². The highest BCUT2D eigenvalue weighted by atomic mass is 35.5. The molecule has 0 amide bonds. The molecule has 0 heterocycles. The van der Waals surface area contributed by atoms with E-state index in [4.69, 9.17) is 21.1 Å². The Morgan fingerprint density at radius 2 is 1.73 bits per heavy atom. The first kappa shape index (κ1) is 14.4. The number of rotatable bonds is 3. The lowest BCUT2D eigenvalue weighted by atomic mass is 10.1. The summed E-state index contributed by atoms with van der Waals surface area (Å²) in [6.07, 6.45) is 0. The third kappa shape index (κ3) is 2.90. The number of hydrogen-bond acceptors (Lipinski definition) is 3. The molecule has 3 nitrogen and oxygen atoms in total. The fourth-order valence-electron chi connectivity index (χ4n) is 2.17. The number of methoxy groups -OCH3 is 1. The zero-order valence-corrected chi connectivity index (χ0v) is 12.6. The molecule has 0 spiro atoms. The number of ether oxygens (including phenoxy) is 2. The third-order valence-electron chi connectivity index (χ3n) is 3.31. The van der Waals surface area contributed by atoms with Gasteiger partial charge in [0.15, 0.2) is 0 Å². The van der Waals surface area contributed by atoms with Crippen LogP contribution in [-0.4, -0.2) is 13.1 Å². The molecule has 0 unspecified atom stereocenters. The van der Waals surface area contributed by atoms with Crippen LogP contribution in [0.1, 0.15) is 10.4 Å². The molecule has 4 heteroatoms. The van der Waals surface area contributed by atoms with Crippen molar-refractivity contribution in [2.75, 3.05) is 7.11 Å². The average molecular weight is 313 g/mol. The Labute approximate surface area is 133 Å². The summed E-state index contributed by atoms with van der Waals surface area (Å²) >= 11 is 6.21. The predicted molar refractivity (Wildman–Crippen MR) is 86.9 cm³/mol. The van der Waals surface area contributed by atoms with E-state index in [1.165, 1.54) is 0 Å². The number of benzene rings is 3. The van der Waals surface area contributed by atoms with Crippen LogP contribution in [0.5, 0.6) is 11.5 Å². The Bertz CT molecular complexity index is 828. The van der Waals surface area contributed by atoms with Crippen LogP contribution < -0.4 is 9.47 Å². The number of hydrogen-bond donors (Lipinski definition) is 0. The van der Waals surface area contributed by atoms with Crippen molar-refractivity contribution >= 4 is 28.3 Å². The van der Waals surface area contributed by atoms with Gasteiger partial charge in [0.1, 0.15) is 11.5 Å². The molecular formula is C18H13ClO3. The van der Waals surface area contributed by atoms with Crippen LogP contribution in [-0.2, 0) is 0 Å². The molecule has 0 saturated carbocycles. The van der Waals surface area contributed by atoms with Crippen LogP contribution in [0.25, 0.3) is 10.8 Å². The van der Waals surface area contributed by atoms with E-state index in [2.05, 4.69) is 0 Å². The first-order valence-electron chi connectivity index (χ1n) is 6.72. The fraction of sp³-hybridized carbons (Fsp3) is 0.0556. The largest absolute Gasteiger partial charge is 0.497 e. The van der Waals surface area contributed by atoms with Gasteiger partial charge in [-0.25, -0.2) is 4.79 Å². The van der Waals surface area contributed by atoms with E-state index in [9.17, 15) is 4.79 Å².